The standard InChI is InChI=1S/C15H18N2O3S/c1-4-5-6-20-15(19)11-8-21-13-12(11)14(18)17(9-16-13)7-10(2)3/h8-9H,2,4-7H2,1,3H3. The zero-order valence-corrected chi connectivity index (χ0v) is 13.0. The van der Waals surface area contributed by atoms with Gasteiger partial charge in [0.15, 0.2) is 0 Å². The molecule has 0 bridgehead atoms. The summed E-state index contributed by atoms with van der Waals surface area (Å²) in [5.41, 5.74) is 0.923. The minimum absolute atomic E-state index is 0.230. The van der Waals surface area contributed by atoms with Crippen molar-refractivity contribution in [1.29, 1.82) is 0 Å². The van der Waals surface area contributed by atoms with Gasteiger partial charge in [0.1, 0.15) is 4.83 Å². The molecule has 2 heterocycles. The summed E-state index contributed by atoms with van der Waals surface area (Å²) in [4.78, 5) is 29.3. The monoisotopic (exact) mass is 306 g/mol. The Balaban J connectivity index is 2.39. The Morgan fingerprint density at radius 3 is 2.95 bits per heavy atom. The Morgan fingerprint density at radius 2 is 2.29 bits per heavy atom. The first-order valence-electron chi connectivity index (χ1n) is 6.82. The van der Waals surface area contributed by atoms with E-state index in [0.29, 0.717) is 28.9 Å². The molecule has 2 rings (SSSR count). The van der Waals surface area contributed by atoms with Crippen LogP contribution in [-0.4, -0.2) is 22.1 Å². The molecule has 2 aromatic rings. The van der Waals surface area contributed by atoms with E-state index >= 15 is 0 Å². The number of hydrogen-bond donors (Lipinski definition) is 0. The van der Waals surface area contributed by atoms with Crippen LogP contribution >= 0.6 is 11.3 Å². The smallest absolute Gasteiger partial charge is 0.339 e. The second-order valence-corrected chi connectivity index (χ2v) is 5.81. The van der Waals surface area contributed by atoms with Crippen LogP contribution < -0.4 is 5.56 Å². The maximum Gasteiger partial charge on any atom is 0.339 e. The summed E-state index contributed by atoms with van der Waals surface area (Å²) in [6.45, 7) is 8.41. The predicted octanol–water partition coefficient (Wildman–Crippen LogP) is 2.99. The quantitative estimate of drug-likeness (QED) is 0.467. The molecule has 0 saturated carbocycles. The summed E-state index contributed by atoms with van der Waals surface area (Å²) in [5.74, 6) is -0.457. The highest BCUT2D eigenvalue weighted by Crippen LogP contribution is 2.21. The van der Waals surface area contributed by atoms with Gasteiger partial charge in [-0.3, -0.25) is 9.36 Å². The van der Waals surface area contributed by atoms with Crippen LogP contribution in [0.3, 0.4) is 0 Å². The molecule has 0 aliphatic rings. The number of esters is 1. The second-order valence-electron chi connectivity index (χ2n) is 4.95. The van der Waals surface area contributed by atoms with Gasteiger partial charge in [-0.15, -0.1) is 11.3 Å². The highest BCUT2D eigenvalue weighted by molar-refractivity contribution is 7.17. The Morgan fingerprint density at radius 1 is 1.52 bits per heavy atom. The number of thiophene rings is 1. The highest BCUT2D eigenvalue weighted by atomic mass is 32.1. The molecule has 112 valence electrons. The summed E-state index contributed by atoms with van der Waals surface area (Å²) in [5, 5.41) is 1.98. The average Bonchev–Trinajstić information content (AvgIpc) is 2.86. The number of ether oxygens (including phenoxy) is 1. The number of carbonyl (C=O) groups is 1. The van der Waals surface area contributed by atoms with Crippen molar-refractivity contribution in [3.63, 3.8) is 0 Å². The lowest BCUT2D eigenvalue weighted by Gasteiger charge is -2.05. The van der Waals surface area contributed by atoms with Crippen LogP contribution in [0.15, 0.2) is 28.7 Å². The average molecular weight is 306 g/mol. The van der Waals surface area contributed by atoms with Crippen molar-refractivity contribution in [2.24, 2.45) is 0 Å². The van der Waals surface area contributed by atoms with Crippen LogP contribution in [0.1, 0.15) is 37.0 Å². The Bertz CT molecular complexity index is 730. The number of fused-ring (bicyclic) bond motifs is 1. The van der Waals surface area contributed by atoms with Crippen molar-refractivity contribution >= 4 is 27.5 Å². The fourth-order valence-electron chi connectivity index (χ4n) is 1.91. The van der Waals surface area contributed by atoms with Crippen molar-refractivity contribution in [3.05, 3.63) is 39.8 Å². The number of carbonyl (C=O) groups excluding carboxylic acids is 1. The summed E-state index contributed by atoms with van der Waals surface area (Å²) in [7, 11) is 0. The minimum atomic E-state index is -0.457. The van der Waals surface area contributed by atoms with Crippen LogP contribution in [0.4, 0.5) is 0 Å². The van der Waals surface area contributed by atoms with Crippen molar-refractivity contribution < 1.29 is 9.53 Å². The van der Waals surface area contributed by atoms with Gasteiger partial charge in [-0.2, -0.15) is 0 Å². The fraction of sp³-hybridized carbons (Fsp3) is 0.400. The molecular formula is C15H18N2O3S. The number of aromatic nitrogens is 2. The van der Waals surface area contributed by atoms with Gasteiger partial charge in [-0.05, 0) is 13.3 Å². The predicted molar refractivity (Wildman–Crippen MR) is 83.9 cm³/mol. The van der Waals surface area contributed by atoms with Crippen molar-refractivity contribution in [1.82, 2.24) is 9.55 Å². The van der Waals surface area contributed by atoms with Crippen LogP contribution in [0, 0.1) is 0 Å². The molecule has 0 spiro atoms. The van der Waals surface area contributed by atoms with Crippen LogP contribution in [0.25, 0.3) is 10.2 Å². The van der Waals surface area contributed by atoms with Gasteiger partial charge < -0.3 is 4.74 Å². The van der Waals surface area contributed by atoms with E-state index in [9.17, 15) is 9.59 Å². The maximum absolute atomic E-state index is 12.5. The van der Waals surface area contributed by atoms with Gasteiger partial charge in [0.05, 0.1) is 23.9 Å². The first kappa shape index (κ1) is 15.4. The zero-order valence-electron chi connectivity index (χ0n) is 12.2. The highest BCUT2D eigenvalue weighted by Gasteiger charge is 2.18. The first-order valence-corrected chi connectivity index (χ1v) is 7.70. The van der Waals surface area contributed by atoms with Crippen molar-refractivity contribution in [2.75, 3.05) is 6.61 Å². The van der Waals surface area contributed by atoms with Crippen LogP contribution in [0.2, 0.25) is 0 Å². The third-order valence-electron chi connectivity index (χ3n) is 2.95. The van der Waals surface area contributed by atoms with E-state index in [4.69, 9.17) is 4.74 Å². The van der Waals surface area contributed by atoms with Crippen molar-refractivity contribution in [2.45, 2.75) is 33.2 Å². The summed E-state index contributed by atoms with van der Waals surface area (Å²) < 4.78 is 6.64. The lowest BCUT2D eigenvalue weighted by Crippen LogP contribution is -2.22. The van der Waals surface area contributed by atoms with Gasteiger partial charge >= 0.3 is 5.97 Å². The Labute approximate surface area is 126 Å². The number of rotatable bonds is 6. The summed E-state index contributed by atoms with van der Waals surface area (Å²) >= 11 is 1.28. The molecule has 6 heteroatoms. The third-order valence-corrected chi connectivity index (χ3v) is 3.84. The van der Waals surface area contributed by atoms with Crippen molar-refractivity contribution in [3.8, 4) is 0 Å². The molecule has 0 aromatic carbocycles. The van der Waals surface area contributed by atoms with E-state index in [1.54, 1.807) is 5.38 Å². The molecule has 0 unspecified atom stereocenters. The normalized spacial score (nSPS) is 10.8. The molecular weight excluding hydrogens is 288 g/mol. The SMILES string of the molecule is C=C(C)Cn1cnc2scc(C(=O)OCCCC)c2c1=O. The first-order chi connectivity index (χ1) is 10.0. The maximum atomic E-state index is 12.5. The van der Waals surface area contributed by atoms with E-state index in [-0.39, 0.29) is 5.56 Å². The van der Waals surface area contributed by atoms with E-state index < -0.39 is 5.97 Å². The molecule has 5 nitrogen and oxygen atoms in total. The van der Waals surface area contributed by atoms with Gasteiger partial charge in [-0.25, -0.2) is 9.78 Å². The van der Waals surface area contributed by atoms with Gasteiger partial charge in [0.25, 0.3) is 5.56 Å². The molecule has 0 amide bonds. The number of allylic oxidation sites excluding steroid dienone is 1. The number of unbranched alkanes of at least 4 members (excludes halogenated alkanes) is 1. The van der Waals surface area contributed by atoms with Crippen LogP contribution in [-0.2, 0) is 11.3 Å². The van der Waals surface area contributed by atoms with Gasteiger partial charge in [0.2, 0.25) is 0 Å². The Kier molecular flexibility index (Phi) is 4.90. The number of nitrogens with zero attached hydrogens (tertiary/aromatic N) is 2. The minimum Gasteiger partial charge on any atom is -0.462 e. The summed E-state index contributed by atoms with van der Waals surface area (Å²) in [6, 6.07) is 0. The molecule has 0 fully saturated rings. The topological polar surface area (TPSA) is 61.2 Å². The second kappa shape index (κ2) is 6.67. The molecule has 0 radical (unpaired) electrons. The van der Waals surface area contributed by atoms with E-state index in [1.165, 1.54) is 22.2 Å². The molecule has 0 N–H and O–H groups in total. The molecule has 21 heavy (non-hydrogen) atoms. The van der Waals surface area contributed by atoms with E-state index in [1.807, 2.05) is 13.8 Å². The largest absolute Gasteiger partial charge is 0.462 e. The van der Waals surface area contributed by atoms with Crippen LogP contribution in [0.5, 0.6) is 0 Å². The van der Waals surface area contributed by atoms with E-state index in [0.717, 1.165) is 18.4 Å². The van der Waals surface area contributed by atoms with E-state index in [2.05, 4.69) is 11.6 Å². The molecule has 2 aromatic heterocycles. The molecule has 0 aliphatic heterocycles. The zero-order chi connectivity index (χ0) is 15.4. The summed E-state index contributed by atoms with van der Waals surface area (Å²) in [6.07, 6.45) is 3.25. The molecule has 0 aliphatic carbocycles. The lowest BCUT2D eigenvalue weighted by molar-refractivity contribution is 0.0502. The molecule has 0 atom stereocenters. The molecule has 0 saturated heterocycles. The third kappa shape index (κ3) is 3.39. The lowest BCUT2D eigenvalue weighted by atomic mass is 10.2. The fourth-order valence-corrected chi connectivity index (χ4v) is 2.77. The van der Waals surface area contributed by atoms with Gasteiger partial charge in [-0.1, -0.05) is 25.5 Å². The van der Waals surface area contributed by atoms with Gasteiger partial charge in [0, 0.05) is 11.9 Å². The number of hydrogen-bond acceptors (Lipinski definition) is 5. The Hall–Kier alpha value is -1.95.